The number of hydrogen-bond acceptors (Lipinski definition) is 4. The average Bonchev–Trinajstić information content (AvgIpc) is 3.35. The van der Waals surface area contributed by atoms with Crippen LogP contribution in [-0.2, 0) is 19.5 Å². The van der Waals surface area contributed by atoms with Gasteiger partial charge in [0.15, 0.2) is 0 Å². The number of aromatic nitrogens is 4. The van der Waals surface area contributed by atoms with E-state index in [4.69, 9.17) is 9.97 Å². The van der Waals surface area contributed by atoms with E-state index in [9.17, 15) is 0 Å². The Labute approximate surface area is 141 Å². The Balaban J connectivity index is 1.39. The molecule has 1 aliphatic heterocycles. The molecule has 1 aromatic carbocycles. The molecule has 0 atom stereocenters. The summed E-state index contributed by atoms with van der Waals surface area (Å²) in [7, 11) is 0. The Bertz CT molecular complexity index is 909. The van der Waals surface area contributed by atoms with E-state index in [2.05, 4.69) is 21.4 Å². The molecule has 24 heavy (non-hydrogen) atoms. The van der Waals surface area contributed by atoms with Crippen molar-refractivity contribution in [1.29, 1.82) is 0 Å². The molecule has 1 fully saturated rings. The van der Waals surface area contributed by atoms with Crippen LogP contribution in [0.2, 0.25) is 0 Å². The van der Waals surface area contributed by atoms with Gasteiger partial charge in [0.1, 0.15) is 0 Å². The van der Waals surface area contributed by atoms with E-state index in [1.807, 2.05) is 30.6 Å². The number of hydrogen-bond donors (Lipinski definition) is 0. The van der Waals surface area contributed by atoms with Crippen molar-refractivity contribution in [2.75, 3.05) is 6.54 Å². The third kappa shape index (κ3) is 2.40. The van der Waals surface area contributed by atoms with Crippen molar-refractivity contribution in [2.24, 2.45) is 0 Å². The van der Waals surface area contributed by atoms with Gasteiger partial charge in [-0.1, -0.05) is 12.1 Å². The molecule has 0 spiro atoms. The van der Waals surface area contributed by atoms with E-state index in [1.165, 1.54) is 24.2 Å². The summed E-state index contributed by atoms with van der Waals surface area (Å²) in [5.74, 6) is 0. The van der Waals surface area contributed by atoms with Gasteiger partial charge in [0.05, 0.1) is 34.4 Å². The molecule has 5 rings (SSSR count). The first-order valence-corrected chi connectivity index (χ1v) is 8.77. The molecule has 3 heterocycles. The molecule has 0 radical (unpaired) electrons. The minimum atomic E-state index is 0.724. The van der Waals surface area contributed by atoms with E-state index < -0.39 is 0 Å². The fraction of sp³-hybridized carbons (Fsp3) is 0.421. The summed E-state index contributed by atoms with van der Waals surface area (Å²) >= 11 is 0. The summed E-state index contributed by atoms with van der Waals surface area (Å²) in [4.78, 5) is 16.7. The number of benzene rings is 1. The lowest BCUT2D eigenvalue weighted by Gasteiger charge is -2.27. The Morgan fingerprint density at radius 2 is 1.92 bits per heavy atom. The van der Waals surface area contributed by atoms with Crippen molar-refractivity contribution in [3.63, 3.8) is 0 Å². The van der Waals surface area contributed by atoms with E-state index in [1.54, 1.807) is 0 Å². The van der Waals surface area contributed by atoms with Crippen LogP contribution in [0.3, 0.4) is 0 Å². The van der Waals surface area contributed by atoms with Gasteiger partial charge in [0, 0.05) is 37.8 Å². The molecule has 5 heteroatoms. The van der Waals surface area contributed by atoms with Gasteiger partial charge in [-0.25, -0.2) is 15.0 Å². The molecule has 0 N–H and O–H groups in total. The lowest BCUT2D eigenvalue weighted by molar-refractivity contribution is 0.236. The van der Waals surface area contributed by atoms with Gasteiger partial charge >= 0.3 is 0 Å². The summed E-state index contributed by atoms with van der Waals surface area (Å²) in [5, 5.41) is 0. The van der Waals surface area contributed by atoms with Crippen LogP contribution in [-0.4, -0.2) is 31.0 Å². The second-order valence-corrected chi connectivity index (χ2v) is 6.98. The lowest BCUT2D eigenvalue weighted by atomic mass is 10.1. The second-order valence-electron chi connectivity index (χ2n) is 6.98. The fourth-order valence-corrected chi connectivity index (χ4v) is 3.67. The van der Waals surface area contributed by atoms with Gasteiger partial charge in [-0.05, 0) is 31.9 Å². The van der Waals surface area contributed by atoms with E-state index in [-0.39, 0.29) is 0 Å². The molecule has 1 aliphatic carbocycles. The van der Waals surface area contributed by atoms with Crippen molar-refractivity contribution in [3.8, 4) is 0 Å². The first-order valence-electron chi connectivity index (χ1n) is 8.77. The van der Waals surface area contributed by atoms with Gasteiger partial charge in [-0.2, -0.15) is 0 Å². The molecular weight excluding hydrogens is 298 g/mol. The number of rotatable bonds is 3. The second kappa shape index (κ2) is 5.38. The van der Waals surface area contributed by atoms with E-state index in [0.29, 0.717) is 0 Å². The summed E-state index contributed by atoms with van der Waals surface area (Å²) in [6.07, 6.45) is 5.77. The number of fused-ring (bicyclic) bond motifs is 2. The normalized spacial score (nSPS) is 18.0. The molecule has 2 aromatic heterocycles. The summed E-state index contributed by atoms with van der Waals surface area (Å²) < 4.78 is 2.41. The first-order chi connectivity index (χ1) is 11.8. The van der Waals surface area contributed by atoms with E-state index in [0.717, 1.165) is 54.5 Å². The van der Waals surface area contributed by atoms with Crippen LogP contribution in [0.15, 0.2) is 30.6 Å². The van der Waals surface area contributed by atoms with Crippen molar-refractivity contribution in [1.82, 2.24) is 24.4 Å². The minimum Gasteiger partial charge on any atom is -0.331 e. The SMILES string of the molecule is Cc1nc2ccccc2nc1CN1CCc2c(ncn2C2CC2)C1. The molecule has 1 saturated carbocycles. The van der Waals surface area contributed by atoms with Crippen LogP contribution in [0, 0.1) is 6.92 Å². The maximum atomic E-state index is 4.84. The van der Waals surface area contributed by atoms with Crippen LogP contribution in [0.25, 0.3) is 11.0 Å². The lowest BCUT2D eigenvalue weighted by Crippen LogP contribution is -2.31. The zero-order valence-corrected chi connectivity index (χ0v) is 13.9. The molecule has 122 valence electrons. The summed E-state index contributed by atoms with van der Waals surface area (Å²) in [6, 6.07) is 8.82. The van der Waals surface area contributed by atoms with Crippen molar-refractivity contribution in [2.45, 2.75) is 45.3 Å². The van der Waals surface area contributed by atoms with Gasteiger partial charge < -0.3 is 4.57 Å². The van der Waals surface area contributed by atoms with Gasteiger partial charge in [0.25, 0.3) is 0 Å². The first kappa shape index (κ1) is 14.1. The summed E-state index contributed by atoms with van der Waals surface area (Å²) in [6.45, 7) is 4.90. The zero-order chi connectivity index (χ0) is 16.1. The molecule has 0 bridgehead atoms. The maximum absolute atomic E-state index is 4.84. The Hall–Kier alpha value is -2.27. The minimum absolute atomic E-state index is 0.724. The number of nitrogens with zero attached hydrogens (tertiary/aromatic N) is 5. The van der Waals surface area contributed by atoms with Gasteiger partial charge in [0.2, 0.25) is 0 Å². The fourth-order valence-electron chi connectivity index (χ4n) is 3.67. The van der Waals surface area contributed by atoms with Crippen molar-refractivity contribution in [3.05, 3.63) is 53.4 Å². The van der Waals surface area contributed by atoms with Gasteiger partial charge in [-0.3, -0.25) is 4.90 Å². The maximum Gasteiger partial charge on any atom is 0.0954 e. The molecule has 2 aliphatic rings. The molecule has 0 unspecified atom stereocenters. The number of imidazole rings is 1. The Morgan fingerprint density at radius 3 is 2.71 bits per heavy atom. The monoisotopic (exact) mass is 319 g/mol. The highest BCUT2D eigenvalue weighted by atomic mass is 15.2. The van der Waals surface area contributed by atoms with Crippen LogP contribution < -0.4 is 0 Å². The van der Waals surface area contributed by atoms with Crippen LogP contribution in [0.1, 0.15) is 41.7 Å². The number of para-hydroxylation sites is 2. The zero-order valence-electron chi connectivity index (χ0n) is 13.9. The smallest absolute Gasteiger partial charge is 0.0954 e. The quantitative estimate of drug-likeness (QED) is 0.744. The topological polar surface area (TPSA) is 46.8 Å². The van der Waals surface area contributed by atoms with Crippen LogP contribution in [0.4, 0.5) is 0 Å². The highest BCUT2D eigenvalue weighted by Gasteiger charge is 2.29. The van der Waals surface area contributed by atoms with Crippen molar-refractivity contribution >= 4 is 11.0 Å². The number of aryl methyl sites for hydroxylation is 1. The van der Waals surface area contributed by atoms with Crippen molar-refractivity contribution < 1.29 is 0 Å². The Kier molecular flexibility index (Phi) is 3.16. The van der Waals surface area contributed by atoms with Gasteiger partial charge in [-0.15, -0.1) is 0 Å². The predicted molar refractivity (Wildman–Crippen MR) is 92.6 cm³/mol. The molecule has 3 aromatic rings. The summed E-state index contributed by atoms with van der Waals surface area (Å²) in [5.41, 5.74) is 6.77. The Morgan fingerprint density at radius 1 is 1.12 bits per heavy atom. The highest BCUT2D eigenvalue weighted by molar-refractivity contribution is 5.74. The molecule has 0 amide bonds. The van der Waals surface area contributed by atoms with E-state index >= 15 is 0 Å². The standard InChI is InChI=1S/C19H21N5/c1-13-17(22-16-5-3-2-4-15(16)21-13)10-23-9-8-19-18(11-23)20-12-24(19)14-6-7-14/h2-5,12,14H,6-11H2,1H3. The molecule has 0 saturated heterocycles. The third-order valence-corrected chi connectivity index (χ3v) is 5.18. The molecule has 5 nitrogen and oxygen atoms in total. The highest BCUT2D eigenvalue weighted by Crippen LogP contribution is 2.37. The third-order valence-electron chi connectivity index (χ3n) is 5.18. The average molecular weight is 319 g/mol. The van der Waals surface area contributed by atoms with Crippen LogP contribution in [0.5, 0.6) is 0 Å². The predicted octanol–water partition coefficient (Wildman–Crippen LogP) is 3.03. The van der Waals surface area contributed by atoms with Crippen LogP contribution >= 0.6 is 0 Å². The largest absolute Gasteiger partial charge is 0.331 e. The molecular formula is C19H21N5.